The molecule has 0 spiro atoms. The molecule has 2 fully saturated rings. The lowest BCUT2D eigenvalue weighted by atomic mass is 10.2. The number of ether oxygens (including phenoxy) is 1. The van der Waals surface area contributed by atoms with Crippen molar-refractivity contribution >= 4 is 17.3 Å². The van der Waals surface area contributed by atoms with Gasteiger partial charge < -0.3 is 20.1 Å². The summed E-state index contributed by atoms with van der Waals surface area (Å²) in [5.74, 6) is 0.334. The maximum Gasteiger partial charge on any atom is 0.169 e. The molecule has 0 aliphatic carbocycles. The molecule has 0 aromatic heterocycles. The Kier molecular flexibility index (Phi) is 5.70. The van der Waals surface area contributed by atoms with Crippen molar-refractivity contribution < 1.29 is 9.84 Å². The molecule has 6 heteroatoms. The van der Waals surface area contributed by atoms with Gasteiger partial charge in [-0.2, -0.15) is 0 Å². The second-order valence-electron chi connectivity index (χ2n) is 6.25. The van der Waals surface area contributed by atoms with Crippen LogP contribution in [0.5, 0.6) is 5.75 Å². The molecule has 0 saturated carbocycles. The second-order valence-corrected chi connectivity index (χ2v) is 6.64. The van der Waals surface area contributed by atoms with E-state index in [-0.39, 0.29) is 0 Å². The van der Waals surface area contributed by atoms with Crippen molar-refractivity contribution in [3.05, 3.63) is 29.8 Å². The zero-order valence-corrected chi connectivity index (χ0v) is 14.2. The summed E-state index contributed by atoms with van der Waals surface area (Å²) >= 11 is 5.50. The average molecular weight is 335 g/mol. The minimum Gasteiger partial charge on any atom is -0.508 e. The van der Waals surface area contributed by atoms with E-state index in [1.807, 2.05) is 12.1 Å². The molecule has 0 amide bonds. The van der Waals surface area contributed by atoms with Crippen LogP contribution in [0.3, 0.4) is 0 Å². The fourth-order valence-electron chi connectivity index (χ4n) is 3.14. The van der Waals surface area contributed by atoms with Crippen LogP contribution >= 0.6 is 12.2 Å². The number of phenols is 1. The van der Waals surface area contributed by atoms with E-state index in [4.69, 9.17) is 17.0 Å². The highest BCUT2D eigenvalue weighted by molar-refractivity contribution is 7.80. The standard InChI is InChI=1S/C17H25N3O2S/c21-15-4-1-3-14(11-15)13-19-6-8-20(9-7-19)17(23)18-12-16-5-2-10-22-16/h1,3-4,11,16,21H,2,5-10,12-13H2,(H,18,23)/t16-/m0/s1. The molecule has 2 N–H and O–H groups in total. The Hall–Kier alpha value is -1.37. The number of piperazine rings is 1. The summed E-state index contributed by atoms with van der Waals surface area (Å²) in [6.45, 7) is 6.43. The molecule has 1 atom stereocenters. The Bertz CT molecular complexity index is 526. The van der Waals surface area contributed by atoms with Crippen LogP contribution in [0.1, 0.15) is 18.4 Å². The van der Waals surface area contributed by atoms with Gasteiger partial charge in [0.2, 0.25) is 0 Å². The van der Waals surface area contributed by atoms with E-state index in [0.29, 0.717) is 11.9 Å². The summed E-state index contributed by atoms with van der Waals surface area (Å²) in [6, 6.07) is 7.49. The molecule has 23 heavy (non-hydrogen) atoms. The molecular formula is C17H25N3O2S. The van der Waals surface area contributed by atoms with Crippen molar-refractivity contribution in [3.8, 4) is 5.75 Å². The highest BCUT2D eigenvalue weighted by Gasteiger charge is 2.21. The summed E-state index contributed by atoms with van der Waals surface area (Å²) in [5.41, 5.74) is 1.15. The lowest BCUT2D eigenvalue weighted by Crippen LogP contribution is -2.52. The molecule has 0 bridgehead atoms. The van der Waals surface area contributed by atoms with Crippen LogP contribution in [-0.2, 0) is 11.3 Å². The Labute approximate surface area is 143 Å². The van der Waals surface area contributed by atoms with Gasteiger partial charge in [0.1, 0.15) is 5.75 Å². The van der Waals surface area contributed by atoms with Gasteiger partial charge >= 0.3 is 0 Å². The molecule has 2 heterocycles. The second kappa shape index (κ2) is 7.95. The van der Waals surface area contributed by atoms with E-state index in [0.717, 1.165) is 69.4 Å². The monoisotopic (exact) mass is 335 g/mol. The van der Waals surface area contributed by atoms with Crippen molar-refractivity contribution in [2.75, 3.05) is 39.3 Å². The highest BCUT2D eigenvalue weighted by atomic mass is 32.1. The average Bonchev–Trinajstić information content (AvgIpc) is 3.07. The highest BCUT2D eigenvalue weighted by Crippen LogP contribution is 2.14. The fourth-order valence-corrected chi connectivity index (χ4v) is 3.41. The molecule has 2 aliphatic rings. The Balaban J connectivity index is 1.40. The first-order chi connectivity index (χ1) is 11.2. The van der Waals surface area contributed by atoms with E-state index >= 15 is 0 Å². The SMILES string of the molecule is Oc1cccc(CN2CCN(C(=S)NC[C@@H]3CCCO3)CC2)c1. The molecule has 2 saturated heterocycles. The number of aromatic hydroxyl groups is 1. The van der Waals surface area contributed by atoms with Crippen molar-refractivity contribution in [1.29, 1.82) is 0 Å². The van der Waals surface area contributed by atoms with Crippen molar-refractivity contribution in [1.82, 2.24) is 15.1 Å². The number of phenolic OH excluding ortho intramolecular Hbond substituents is 1. The Morgan fingerprint density at radius 1 is 1.30 bits per heavy atom. The van der Waals surface area contributed by atoms with Gasteiger partial charge in [-0.3, -0.25) is 4.90 Å². The van der Waals surface area contributed by atoms with E-state index in [2.05, 4.69) is 21.2 Å². The van der Waals surface area contributed by atoms with Crippen LogP contribution in [0, 0.1) is 0 Å². The molecular weight excluding hydrogens is 310 g/mol. The van der Waals surface area contributed by atoms with Crippen molar-refractivity contribution in [2.24, 2.45) is 0 Å². The number of nitrogens with zero attached hydrogens (tertiary/aromatic N) is 2. The van der Waals surface area contributed by atoms with Crippen LogP contribution in [-0.4, -0.2) is 65.5 Å². The van der Waals surface area contributed by atoms with Gasteiger partial charge in [0, 0.05) is 45.9 Å². The van der Waals surface area contributed by atoms with Gasteiger partial charge in [-0.15, -0.1) is 0 Å². The lowest BCUT2D eigenvalue weighted by Gasteiger charge is -2.36. The molecule has 1 aromatic carbocycles. The molecule has 3 rings (SSSR count). The zero-order chi connectivity index (χ0) is 16.1. The molecule has 5 nitrogen and oxygen atoms in total. The number of thiocarbonyl (C=S) groups is 1. The fraction of sp³-hybridized carbons (Fsp3) is 0.588. The van der Waals surface area contributed by atoms with Gasteiger partial charge in [-0.25, -0.2) is 0 Å². The number of hydrogen-bond acceptors (Lipinski definition) is 4. The van der Waals surface area contributed by atoms with Gasteiger partial charge in [0.15, 0.2) is 5.11 Å². The lowest BCUT2D eigenvalue weighted by molar-refractivity contribution is 0.112. The Morgan fingerprint density at radius 3 is 2.83 bits per heavy atom. The molecule has 126 valence electrons. The molecule has 0 unspecified atom stereocenters. The van der Waals surface area contributed by atoms with Crippen LogP contribution in [0.25, 0.3) is 0 Å². The van der Waals surface area contributed by atoms with Gasteiger partial charge in [0.05, 0.1) is 6.10 Å². The summed E-state index contributed by atoms with van der Waals surface area (Å²) in [4.78, 5) is 4.64. The van der Waals surface area contributed by atoms with Gasteiger partial charge in [0.25, 0.3) is 0 Å². The molecule has 2 aliphatic heterocycles. The minimum atomic E-state index is 0.319. The summed E-state index contributed by atoms with van der Waals surface area (Å²) in [7, 11) is 0. The topological polar surface area (TPSA) is 48.0 Å². The van der Waals surface area contributed by atoms with Crippen LogP contribution in [0.2, 0.25) is 0 Å². The normalized spacial score (nSPS) is 22.3. The summed E-state index contributed by atoms with van der Waals surface area (Å²) in [6.07, 6.45) is 2.61. The summed E-state index contributed by atoms with van der Waals surface area (Å²) in [5, 5.41) is 13.7. The number of rotatable bonds is 4. The smallest absolute Gasteiger partial charge is 0.169 e. The van der Waals surface area contributed by atoms with Crippen LogP contribution in [0.4, 0.5) is 0 Å². The minimum absolute atomic E-state index is 0.319. The van der Waals surface area contributed by atoms with E-state index in [1.54, 1.807) is 6.07 Å². The number of hydrogen-bond donors (Lipinski definition) is 2. The van der Waals surface area contributed by atoms with E-state index in [1.165, 1.54) is 0 Å². The quantitative estimate of drug-likeness (QED) is 0.815. The predicted molar refractivity (Wildman–Crippen MR) is 94.5 cm³/mol. The number of benzene rings is 1. The first-order valence-electron chi connectivity index (χ1n) is 8.35. The first kappa shape index (κ1) is 16.5. The third-order valence-electron chi connectivity index (χ3n) is 4.48. The van der Waals surface area contributed by atoms with E-state index < -0.39 is 0 Å². The van der Waals surface area contributed by atoms with Crippen LogP contribution < -0.4 is 5.32 Å². The van der Waals surface area contributed by atoms with Gasteiger partial charge in [-0.1, -0.05) is 12.1 Å². The summed E-state index contributed by atoms with van der Waals surface area (Å²) < 4.78 is 5.61. The third-order valence-corrected chi connectivity index (χ3v) is 4.88. The van der Waals surface area contributed by atoms with E-state index in [9.17, 15) is 5.11 Å². The maximum atomic E-state index is 9.54. The largest absolute Gasteiger partial charge is 0.508 e. The first-order valence-corrected chi connectivity index (χ1v) is 8.76. The van der Waals surface area contributed by atoms with Crippen molar-refractivity contribution in [3.63, 3.8) is 0 Å². The maximum absolute atomic E-state index is 9.54. The molecule has 1 aromatic rings. The Morgan fingerprint density at radius 2 is 2.13 bits per heavy atom. The third kappa shape index (κ3) is 4.80. The van der Waals surface area contributed by atoms with Crippen LogP contribution in [0.15, 0.2) is 24.3 Å². The molecule has 0 radical (unpaired) electrons. The van der Waals surface area contributed by atoms with Gasteiger partial charge in [-0.05, 0) is 42.8 Å². The number of nitrogens with one attached hydrogen (secondary N) is 1. The van der Waals surface area contributed by atoms with Crippen molar-refractivity contribution in [2.45, 2.75) is 25.5 Å². The predicted octanol–water partition coefficient (Wildman–Crippen LogP) is 1.56. The zero-order valence-electron chi connectivity index (χ0n) is 13.4.